The third-order valence-corrected chi connectivity index (χ3v) is 7.26. The van der Waals surface area contributed by atoms with Crippen molar-refractivity contribution in [1.29, 1.82) is 0 Å². The third-order valence-electron chi connectivity index (χ3n) is 5.25. The lowest BCUT2D eigenvalue weighted by Gasteiger charge is -2.29. The zero-order valence-electron chi connectivity index (χ0n) is 18.2. The molecule has 178 valence electrons. The molecule has 8 nitrogen and oxygen atoms in total. The summed E-state index contributed by atoms with van der Waals surface area (Å²) in [5.74, 6) is 0.00900. The minimum absolute atomic E-state index is 0.00640. The number of benzene rings is 2. The van der Waals surface area contributed by atoms with E-state index in [0.717, 1.165) is 11.3 Å². The summed E-state index contributed by atoms with van der Waals surface area (Å²) < 4.78 is 5.79. The molecule has 0 radical (unpaired) electrons. The quantitative estimate of drug-likeness (QED) is 0.107. The van der Waals surface area contributed by atoms with E-state index >= 15 is 0 Å². The number of thiophene rings is 2. The van der Waals surface area contributed by atoms with Gasteiger partial charge in [-0.25, -0.2) is 0 Å². The maximum absolute atomic E-state index is 13.4. The number of ether oxygens (including phenoxy) is 1. The first kappa shape index (κ1) is 23.5. The highest BCUT2D eigenvalue weighted by molar-refractivity contribution is 7.80. The van der Waals surface area contributed by atoms with Gasteiger partial charge in [0.1, 0.15) is 17.1 Å². The molecule has 0 spiro atoms. The van der Waals surface area contributed by atoms with Gasteiger partial charge in [-0.05, 0) is 77.6 Å². The first-order valence-electron chi connectivity index (χ1n) is 10.5. The molecule has 4 aromatic rings. The van der Waals surface area contributed by atoms with Gasteiger partial charge in [0.05, 0.1) is 16.2 Å². The van der Waals surface area contributed by atoms with Gasteiger partial charge in [-0.1, -0.05) is 29.5 Å². The monoisotopic (exact) mass is 533 g/mol. The molecule has 2 amide bonds. The number of hydrogen-bond donors (Lipinski definition) is 1. The summed E-state index contributed by atoms with van der Waals surface area (Å²) in [6, 6.07) is 19.4. The summed E-state index contributed by atoms with van der Waals surface area (Å²) in [7, 11) is 0. The molecule has 1 aliphatic heterocycles. The number of para-hydroxylation sites is 1. The maximum Gasteiger partial charge on any atom is 0.331 e. The summed E-state index contributed by atoms with van der Waals surface area (Å²) in [5.41, 5.74) is 1.33. The molecule has 1 aliphatic rings. The van der Waals surface area contributed by atoms with Crippen molar-refractivity contribution in [2.45, 2.75) is 0 Å². The van der Waals surface area contributed by atoms with Crippen molar-refractivity contribution in [3.05, 3.63) is 98.1 Å². The fourth-order valence-electron chi connectivity index (χ4n) is 3.61. The lowest BCUT2D eigenvalue weighted by atomic mass is 10.1. The molecule has 3 heterocycles. The van der Waals surface area contributed by atoms with Crippen LogP contribution < -0.4 is 15.0 Å². The summed E-state index contributed by atoms with van der Waals surface area (Å²) >= 11 is 7.57. The summed E-state index contributed by atoms with van der Waals surface area (Å²) in [6.45, 7) is 0. The van der Waals surface area contributed by atoms with Crippen LogP contribution in [0, 0.1) is 10.1 Å². The predicted octanol–water partition coefficient (Wildman–Crippen LogP) is 6.01. The van der Waals surface area contributed by atoms with Gasteiger partial charge in [0.25, 0.3) is 11.8 Å². The van der Waals surface area contributed by atoms with Gasteiger partial charge in [-0.2, -0.15) is 0 Å². The van der Waals surface area contributed by atoms with E-state index < -0.39 is 16.7 Å². The van der Waals surface area contributed by atoms with E-state index in [0.29, 0.717) is 33.2 Å². The molecule has 2 aromatic carbocycles. The summed E-state index contributed by atoms with van der Waals surface area (Å²) in [5, 5.41) is 17.3. The molecule has 1 N–H and O–H groups in total. The number of rotatable bonds is 6. The number of thiocarbonyl (C=S) groups is 1. The Morgan fingerprint density at radius 3 is 2.31 bits per heavy atom. The molecular formula is C25H15N3O5S3. The fourth-order valence-corrected chi connectivity index (χ4v) is 5.46. The van der Waals surface area contributed by atoms with Crippen LogP contribution in [0.25, 0.3) is 17.2 Å². The van der Waals surface area contributed by atoms with Crippen LogP contribution in [-0.2, 0) is 9.59 Å². The predicted molar refractivity (Wildman–Crippen MR) is 143 cm³/mol. The van der Waals surface area contributed by atoms with Crippen molar-refractivity contribution < 1.29 is 19.2 Å². The number of carbonyl (C=O) groups is 2. The van der Waals surface area contributed by atoms with Crippen LogP contribution in [0.4, 0.5) is 10.7 Å². The average Bonchev–Trinajstić information content (AvgIpc) is 3.53. The standard InChI is InChI=1S/C25H15N3O5S3/c29-22-20(14-21-18(10-12-35-21)19-11-13-36-24(19)28(31)32)23(30)27(25(34)26-22)15-6-8-17(9-7-15)33-16-4-2-1-3-5-16/h1-14H,(H,26,29,34)/b20-14+. The van der Waals surface area contributed by atoms with Crippen LogP contribution in [0.15, 0.2) is 83.1 Å². The van der Waals surface area contributed by atoms with Crippen LogP contribution >= 0.6 is 34.9 Å². The van der Waals surface area contributed by atoms with E-state index in [1.807, 2.05) is 30.3 Å². The lowest BCUT2D eigenvalue weighted by Crippen LogP contribution is -2.54. The number of amides is 2. The van der Waals surface area contributed by atoms with Gasteiger partial charge in [0.15, 0.2) is 5.11 Å². The molecule has 0 bridgehead atoms. The third kappa shape index (κ3) is 4.54. The molecule has 1 saturated heterocycles. The average molecular weight is 534 g/mol. The lowest BCUT2D eigenvalue weighted by molar-refractivity contribution is -0.379. The Bertz CT molecular complexity index is 1520. The van der Waals surface area contributed by atoms with E-state index in [9.17, 15) is 19.7 Å². The molecular weight excluding hydrogens is 518 g/mol. The summed E-state index contributed by atoms with van der Waals surface area (Å²) in [6.07, 6.45) is 1.45. The second-order valence-corrected chi connectivity index (χ2v) is 9.69. The molecule has 36 heavy (non-hydrogen) atoms. The van der Waals surface area contributed by atoms with Crippen LogP contribution in [0.3, 0.4) is 0 Å². The SMILES string of the molecule is O=C1NC(=S)N(c2ccc(Oc3ccccc3)cc2)C(=O)/C1=C/c1sccc1-c1ccsc1[N+](=O)[O-]. The Hall–Kier alpha value is -4.19. The van der Waals surface area contributed by atoms with Gasteiger partial charge >= 0.3 is 5.00 Å². The largest absolute Gasteiger partial charge is 0.457 e. The zero-order valence-corrected chi connectivity index (χ0v) is 20.7. The van der Waals surface area contributed by atoms with Gasteiger partial charge in [0, 0.05) is 10.4 Å². The summed E-state index contributed by atoms with van der Waals surface area (Å²) in [4.78, 5) is 38.8. The molecule has 0 unspecified atom stereocenters. The van der Waals surface area contributed by atoms with Crippen molar-refractivity contribution in [3.8, 4) is 22.6 Å². The van der Waals surface area contributed by atoms with Gasteiger partial charge in [0.2, 0.25) is 0 Å². The van der Waals surface area contributed by atoms with Gasteiger partial charge < -0.3 is 4.74 Å². The van der Waals surface area contributed by atoms with Gasteiger partial charge in [-0.3, -0.25) is 29.9 Å². The highest BCUT2D eigenvalue weighted by atomic mass is 32.1. The minimum Gasteiger partial charge on any atom is -0.457 e. The Labute approximate surface area is 218 Å². The fraction of sp³-hybridized carbons (Fsp3) is 0. The van der Waals surface area contributed by atoms with Crippen molar-refractivity contribution in [1.82, 2.24) is 5.32 Å². The number of nitrogens with zero attached hydrogens (tertiary/aromatic N) is 2. The van der Waals surface area contributed by atoms with Crippen LogP contribution in [0.5, 0.6) is 11.5 Å². The molecule has 0 atom stereocenters. The number of carbonyl (C=O) groups excluding carboxylic acids is 2. The Kier molecular flexibility index (Phi) is 6.42. The van der Waals surface area contributed by atoms with E-state index in [1.54, 1.807) is 47.2 Å². The minimum atomic E-state index is -0.635. The zero-order chi connectivity index (χ0) is 25.2. The van der Waals surface area contributed by atoms with E-state index in [-0.39, 0.29) is 15.7 Å². The number of hydrogen-bond acceptors (Lipinski definition) is 8. The first-order valence-corrected chi connectivity index (χ1v) is 12.6. The van der Waals surface area contributed by atoms with E-state index in [1.165, 1.54) is 22.3 Å². The van der Waals surface area contributed by atoms with Crippen LogP contribution in [0.2, 0.25) is 0 Å². The van der Waals surface area contributed by atoms with Crippen molar-refractivity contribution in [2.24, 2.45) is 0 Å². The Morgan fingerprint density at radius 1 is 0.917 bits per heavy atom. The van der Waals surface area contributed by atoms with E-state index in [4.69, 9.17) is 17.0 Å². The van der Waals surface area contributed by atoms with Crippen molar-refractivity contribution >= 4 is 68.6 Å². The Balaban J connectivity index is 1.45. The molecule has 2 aromatic heterocycles. The number of anilines is 1. The molecule has 0 aliphatic carbocycles. The van der Waals surface area contributed by atoms with Crippen LogP contribution in [-0.4, -0.2) is 21.9 Å². The molecule has 0 saturated carbocycles. The highest BCUT2D eigenvalue weighted by Crippen LogP contribution is 2.39. The van der Waals surface area contributed by atoms with Gasteiger partial charge in [-0.15, -0.1) is 11.3 Å². The smallest absolute Gasteiger partial charge is 0.331 e. The molecule has 5 rings (SSSR count). The van der Waals surface area contributed by atoms with Crippen LogP contribution in [0.1, 0.15) is 4.88 Å². The molecule has 1 fully saturated rings. The Morgan fingerprint density at radius 2 is 1.58 bits per heavy atom. The maximum atomic E-state index is 13.4. The number of nitrogens with one attached hydrogen (secondary N) is 1. The number of nitro groups is 1. The van der Waals surface area contributed by atoms with E-state index in [2.05, 4.69) is 5.32 Å². The normalized spacial score (nSPS) is 14.7. The first-order chi connectivity index (χ1) is 17.4. The highest BCUT2D eigenvalue weighted by Gasteiger charge is 2.35. The topological polar surface area (TPSA) is 102 Å². The molecule has 11 heteroatoms. The second-order valence-electron chi connectivity index (χ2n) is 7.46. The van der Waals surface area contributed by atoms with Crippen molar-refractivity contribution in [2.75, 3.05) is 4.90 Å². The van der Waals surface area contributed by atoms with Crippen molar-refractivity contribution in [3.63, 3.8) is 0 Å². The second kappa shape index (κ2) is 9.82.